The van der Waals surface area contributed by atoms with E-state index in [4.69, 9.17) is 15.6 Å². The van der Waals surface area contributed by atoms with Gasteiger partial charge >= 0.3 is 0 Å². The fourth-order valence-electron chi connectivity index (χ4n) is 3.96. The predicted molar refractivity (Wildman–Crippen MR) is 120 cm³/mol. The number of nitrogens with zero attached hydrogens (tertiary/aromatic N) is 3. The molecular formula is C23H27ClN4O2. The van der Waals surface area contributed by atoms with Crippen molar-refractivity contribution in [3.63, 3.8) is 0 Å². The van der Waals surface area contributed by atoms with Gasteiger partial charge in [0.25, 0.3) is 5.91 Å². The van der Waals surface area contributed by atoms with Crippen LogP contribution in [0.4, 0.5) is 0 Å². The third kappa shape index (κ3) is 4.20. The van der Waals surface area contributed by atoms with Gasteiger partial charge in [-0.15, -0.1) is 12.4 Å². The van der Waals surface area contributed by atoms with Gasteiger partial charge in [-0.25, -0.2) is 4.68 Å². The van der Waals surface area contributed by atoms with Crippen molar-refractivity contribution < 1.29 is 9.53 Å². The van der Waals surface area contributed by atoms with Crippen LogP contribution in [0, 0.1) is 5.92 Å². The molecule has 158 valence electrons. The molecule has 2 N–H and O–H groups in total. The highest BCUT2D eigenvalue weighted by Gasteiger charge is 2.33. The molecule has 1 aliphatic rings. The monoisotopic (exact) mass is 426 g/mol. The van der Waals surface area contributed by atoms with Gasteiger partial charge in [0.2, 0.25) is 0 Å². The Morgan fingerprint density at radius 2 is 1.87 bits per heavy atom. The Labute approximate surface area is 183 Å². The smallest absolute Gasteiger partial charge is 0.274 e. The lowest BCUT2D eigenvalue weighted by atomic mass is 10.1. The average molecular weight is 427 g/mol. The van der Waals surface area contributed by atoms with Crippen LogP contribution >= 0.6 is 12.4 Å². The number of methoxy groups -OCH3 is 1. The topological polar surface area (TPSA) is 73.4 Å². The first-order chi connectivity index (χ1) is 14.1. The van der Waals surface area contributed by atoms with Crippen LogP contribution in [0.3, 0.4) is 0 Å². The lowest BCUT2D eigenvalue weighted by molar-refractivity contribution is 0.0737. The highest BCUT2D eigenvalue weighted by atomic mass is 35.5. The molecule has 1 saturated heterocycles. The number of hydrogen-bond donors (Lipinski definition) is 1. The number of benzene rings is 2. The van der Waals surface area contributed by atoms with Crippen molar-refractivity contribution in [2.75, 3.05) is 20.2 Å². The normalized spacial score (nSPS) is 18.2. The average Bonchev–Trinajstić information content (AvgIpc) is 3.38. The van der Waals surface area contributed by atoms with Crippen LogP contribution in [0.2, 0.25) is 0 Å². The summed E-state index contributed by atoms with van der Waals surface area (Å²) in [5.41, 5.74) is 9.02. The number of carbonyl (C=O) groups excluding carboxylic acids is 1. The molecule has 2 heterocycles. The lowest BCUT2D eigenvalue weighted by Gasteiger charge is -2.20. The standard InChI is InChI=1S/C23H26N4O2.ClH/c1-16-12-17(14-24)15-26(16)23(28)21-13-22(18-8-10-20(29-2)11-9-18)27(25-21)19-6-4-3-5-7-19;/h3-11,13,16-17H,12,14-15,24H2,1-2H3;1H. The van der Waals surface area contributed by atoms with Crippen LogP contribution < -0.4 is 10.5 Å². The quantitative estimate of drug-likeness (QED) is 0.673. The van der Waals surface area contributed by atoms with Gasteiger partial charge in [0.1, 0.15) is 5.75 Å². The number of likely N-dealkylation sites (tertiary alicyclic amines) is 1. The van der Waals surface area contributed by atoms with Crippen LogP contribution in [0.15, 0.2) is 60.7 Å². The van der Waals surface area contributed by atoms with E-state index in [1.165, 1.54) is 0 Å². The first-order valence-electron chi connectivity index (χ1n) is 9.91. The van der Waals surface area contributed by atoms with Crippen molar-refractivity contribution in [2.45, 2.75) is 19.4 Å². The summed E-state index contributed by atoms with van der Waals surface area (Å²) in [6, 6.07) is 19.7. The molecule has 0 spiro atoms. The minimum Gasteiger partial charge on any atom is -0.497 e. The summed E-state index contributed by atoms with van der Waals surface area (Å²) in [6.07, 6.45) is 0.937. The molecule has 2 atom stereocenters. The number of para-hydroxylation sites is 1. The maximum Gasteiger partial charge on any atom is 0.274 e. The highest BCUT2D eigenvalue weighted by molar-refractivity contribution is 5.94. The number of carbonyl (C=O) groups is 1. The van der Waals surface area contributed by atoms with Crippen molar-refractivity contribution in [2.24, 2.45) is 11.7 Å². The Morgan fingerprint density at radius 1 is 1.17 bits per heavy atom. The molecule has 30 heavy (non-hydrogen) atoms. The maximum absolute atomic E-state index is 13.2. The van der Waals surface area contributed by atoms with E-state index in [0.717, 1.165) is 29.1 Å². The first kappa shape index (κ1) is 21.9. The number of aromatic nitrogens is 2. The largest absolute Gasteiger partial charge is 0.497 e. The highest BCUT2D eigenvalue weighted by Crippen LogP contribution is 2.29. The second kappa shape index (κ2) is 9.32. The Balaban J connectivity index is 0.00000256. The van der Waals surface area contributed by atoms with Crippen LogP contribution in [-0.2, 0) is 0 Å². The summed E-state index contributed by atoms with van der Waals surface area (Å²) < 4.78 is 7.10. The van der Waals surface area contributed by atoms with Gasteiger partial charge in [0, 0.05) is 18.2 Å². The minimum absolute atomic E-state index is 0. The van der Waals surface area contributed by atoms with Crippen molar-refractivity contribution >= 4 is 18.3 Å². The van der Waals surface area contributed by atoms with Crippen molar-refractivity contribution in [1.29, 1.82) is 0 Å². The molecule has 2 aromatic carbocycles. The molecule has 0 radical (unpaired) electrons. The Bertz CT molecular complexity index is 988. The summed E-state index contributed by atoms with van der Waals surface area (Å²) >= 11 is 0. The maximum atomic E-state index is 13.2. The zero-order valence-corrected chi connectivity index (χ0v) is 18.0. The second-order valence-corrected chi connectivity index (χ2v) is 7.53. The second-order valence-electron chi connectivity index (χ2n) is 7.53. The van der Waals surface area contributed by atoms with E-state index in [9.17, 15) is 4.79 Å². The molecule has 1 aliphatic heterocycles. The van der Waals surface area contributed by atoms with E-state index < -0.39 is 0 Å². The Hall–Kier alpha value is -2.83. The molecule has 3 aromatic rings. The predicted octanol–water partition coefficient (Wildman–Crippen LogP) is 3.78. The number of halogens is 1. The van der Waals surface area contributed by atoms with Crippen LogP contribution in [-0.4, -0.2) is 46.8 Å². The molecule has 1 fully saturated rings. The minimum atomic E-state index is -0.0436. The fraction of sp³-hybridized carbons (Fsp3) is 0.304. The third-order valence-electron chi connectivity index (χ3n) is 5.57. The Kier molecular flexibility index (Phi) is 6.80. The van der Waals surface area contributed by atoms with Gasteiger partial charge in [-0.3, -0.25) is 4.79 Å². The fourth-order valence-corrected chi connectivity index (χ4v) is 3.96. The Morgan fingerprint density at radius 3 is 2.47 bits per heavy atom. The van der Waals surface area contributed by atoms with Crippen LogP contribution in [0.5, 0.6) is 5.75 Å². The zero-order chi connectivity index (χ0) is 20.4. The summed E-state index contributed by atoms with van der Waals surface area (Å²) in [5.74, 6) is 1.10. The summed E-state index contributed by atoms with van der Waals surface area (Å²) in [7, 11) is 1.64. The summed E-state index contributed by atoms with van der Waals surface area (Å²) in [5, 5.41) is 4.69. The molecule has 2 unspecified atom stereocenters. The van der Waals surface area contributed by atoms with E-state index in [1.807, 2.05) is 70.2 Å². The molecule has 4 rings (SSSR count). The number of amides is 1. The first-order valence-corrected chi connectivity index (χ1v) is 9.91. The number of hydrogen-bond acceptors (Lipinski definition) is 4. The van der Waals surface area contributed by atoms with Crippen molar-refractivity contribution in [1.82, 2.24) is 14.7 Å². The van der Waals surface area contributed by atoms with E-state index >= 15 is 0 Å². The zero-order valence-electron chi connectivity index (χ0n) is 17.2. The van der Waals surface area contributed by atoms with Crippen molar-refractivity contribution in [3.05, 3.63) is 66.4 Å². The molecule has 0 bridgehead atoms. The summed E-state index contributed by atoms with van der Waals surface area (Å²) in [6.45, 7) is 3.36. The van der Waals surface area contributed by atoms with E-state index in [1.54, 1.807) is 7.11 Å². The molecule has 7 heteroatoms. The van der Waals surface area contributed by atoms with E-state index in [-0.39, 0.29) is 24.4 Å². The van der Waals surface area contributed by atoms with Crippen molar-refractivity contribution in [3.8, 4) is 22.7 Å². The van der Waals surface area contributed by atoms with Gasteiger partial charge in [0.15, 0.2) is 5.69 Å². The van der Waals surface area contributed by atoms with Gasteiger partial charge in [0.05, 0.1) is 18.5 Å². The third-order valence-corrected chi connectivity index (χ3v) is 5.57. The van der Waals surface area contributed by atoms with Gasteiger partial charge in [-0.1, -0.05) is 18.2 Å². The molecule has 1 amide bonds. The lowest BCUT2D eigenvalue weighted by Crippen LogP contribution is -2.34. The SMILES string of the molecule is COc1ccc(-c2cc(C(=O)N3CC(CN)CC3C)nn2-c2ccccc2)cc1.Cl. The van der Waals surface area contributed by atoms with Gasteiger partial charge in [-0.2, -0.15) is 5.10 Å². The number of nitrogens with two attached hydrogens (primary N) is 1. The van der Waals surface area contributed by atoms with Gasteiger partial charge < -0.3 is 15.4 Å². The summed E-state index contributed by atoms with van der Waals surface area (Å²) in [4.78, 5) is 15.1. The number of rotatable bonds is 5. The van der Waals surface area contributed by atoms with E-state index in [0.29, 0.717) is 24.7 Å². The van der Waals surface area contributed by atoms with Gasteiger partial charge in [-0.05, 0) is 68.3 Å². The van der Waals surface area contributed by atoms with Crippen LogP contribution in [0.25, 0.3) is 16.9 Å². The molecule has 0 saturated carbocycles. The number of ether oxygens (including phenoxy) is 1. The van der Waals surface area contributed by atoms with E-state index in [2.05, 4.69) is 6.92 Å². The molecule has 0 aliphatic carbocycles. The molecule has 6 nitrogen and oxygen atoms in total. The van der Waals surface area contributed by atoms with Crippen LogP contribution in [0.1, 0.15) is 23.8 Å². The molecule has 1 aromatic heterocycles. The molecular weight excluding hydrogens is 400 g/mol.